The molecule has 0 saturated carbocycles. The summed E-state index contributed by atoms with van der Waals surface area (Å²) in [6.45, 7) is 2.66. The van der Waals surface area contributed by atoms with E-state index >= 15 is 0 Å². The number of piperidine rings is 1. The maximum Gasteiger partial charge on any atom is 0.263 e. The van der Waals surface area contributed by atoms with Crippen molar-refractivity contribution in [1.29, 1.82) is 0 Å². The number of fused-ring (bicyclic) bond motifs is 1. The summed E-state index contributed by atoms with van der Waals surface area (Å²) < 4.78 is 16.1. The molecule has 0 radical (unpaired) electrons. The third kappa shape index (κ3) is 6.55. The largest absolute Gasteiger partial charge is 0.379 e. The molecule has 34 heavy (non-hydrogen) atoms. The van der Waals surface area contributed by atoms with Crippen LogP contribution < -0.4 is 5.32 Å². The third-order valence-corrected chi connectivity index (χ3v) is 6.08. The van der Waals surface area contributed by atoms with Crippen molar-refractivity contribution < 1.29 is 33.4 Å². The highest BCUT2D eigenvalue weighted by molar-refractivity contribution is 7.99. The molecule has 1 aromatic carbocycles. The Labute approximate surface area is 199 Å². The van der Waals surface area contributed by atoms with Gasteiger partial charge < -0.3 is 14.2 Å². The zero-order chi connectivity index (χ0) is 24.3. The van der Waals surface area contributed by atoms with Gasteiger partial charge in [0.2, 0.25) is 11.8 Å². The van der Waals surface area contributed by atoms with Gasteiger partial charge in [-0.25, -0.2) is 0 Å². The Morgan fingerprint density at radius 3 is 2.44 bits per heavy atom. The lowest BCUT2D eigenvalue weighted by Crippen LogP contribution is -2.54. The number of imide groups is 2. The Bertz CT molecular complexity index is 982. The number of ether oxygens (including phenoxy) is 3. The number of carbonyl (C=O) groups is 4. The molecular formula is C21H25N5O7S. The van der Waals surface area contributed by atoms with E-state index in [2.05, 4.69) is 15.3 Å². The minimum atomic E-state index is -0.984. The van der Waals surface area contributed by atoms with Crippen LogP contribution in [0.15, 0.2) is 28.2 Å². The highest BCUT2D eigenvalue weighted by atomic mass is 32.2. The molecule has 0 aliphatic carbocycles. The summed E-state index contributed by atoms with van der Waals surface area (Å²) in [4.78, 5) is 53.7. The average molecular weight is 492 g/mol. The monoisotopic (exact) mass is 491 g/mol. The van der Waals surface area contributed by atoms with Gasteiger partial charge in [0.15, 0.2) is 0 Å². The average Bonchev–Trinajstić information content (AvgIpc) is 3.08. The lowest BCUT2D eigenvalue weighted by Gasteiger charge is -2.27. The van der Waals surface area contributed by atoms with E-state index < -0.39 is 29.7 Å². The molecule has 1 aromatic rings. The van der Waals surface area contributed by atoms with Crippen LogP contribution in [0.3, 0.4) is 0 Å². The predicted molar refractivity (Wildman–Crippen MR) is 120 cm³/mol. The number of nitrogens with zero attached hydrogens (tertiary/aromatic N) is 4. The molecule has 12 nitrogen and oxygen atoms in total. The number of hydrogen-bond acceptors (Lipinski definition) is 9. The molecule has 2 aliphatic rings. The SMILES string of the molecule is [N-]=[N+]=NCCOCCOCCOCCSc1cccc2c1C(=O)N(C1CCC(=O)NC1=O)C2=O. The zero-order valence-electron chi connectivity index (χ0n) is 18.4. The summed E-state index contributed by atoms with van der Waals surface area (Å²) in [5, 5.41) is 5.55. The van der Waals surface area contributed by atoms with Crippen molar-refractivity contribution in [2.24, 2.45) is 5.11 Å². The molecule has 1 atom stereocenters. The summed E-state index contributed by atoms with van der Waals surface area (Å²) in [5.74, 6) is -1.52. The number of hydrogen-bond donors (Lipinski definition) is 1. The smallest absolute Gasteiger partial charge is 0.263 e. The van der Waals surface area contributed by atoms with Gasteiger partial charge >= 0.3 is 0 Å². The predicted octanol–water partition coefficient (Wildman–Crippen LogP) is 1.54. The van der Waals surface area contributed by atoms with Crippen molar-refractivity contribution in [2.75, 3.05) is 51.9 Å². The van der Waals surface area contributed by atoms with Crippen LogP contribution in [-0.4, -0.2) is 86.5 Å². The third-order valence-electron chi connectivity index (χ3n) is 5.06. The van der Waals surface area contributed by atoms with Crippen molar-refractivity contribution in [3.63, 3.8) is 0 Å². The molecule has 0 bridgehead atoms. The first kappa shape index (κ1) is 25.7. The summed E-state index contributed by atoms with van der Waals surface area (Å²) >= 11 is 1.39. The lowest BCUT2D eigenvalue weighted by atomic mass is 10.0. The molecule has 1 unspecified atom stereocenters. The fourth-order valence-corrected chi connectivity index (χ4v) is 4.44. The van der Waals surface area contributed by atoms with E-state index in [0.29, 0.717) is 50.3 Å². The Morgan fingerprint density at radius 1 is 1.03 bits per heavy atom. The topological polar surface area (TPSA) is 160 Å². The van der Waals surface area contributed by atoms with E-state index in [-0.39, 0.29) is 30.5 Å². The maximum absolute atomic E-state index is 13.0. The van der Waals surface area contributed by atoms with E-state index in [9.17, 15) is 19.2 Å². The van der Waals surface area contributed by atoms with Gasteiger partial charge in [0, 0.05) is 28.5 Å². The number of rotatable bonds is 14. The first-order valence-electron chi connectivity index (χ1n) is 10.8. The van der Waals surface area contributed by atoms with Gasteiger partial charge in [-0.3, -0.25) is 29.4 Å². The first-order chi connectivity index (χ1) is 16.5. The minimum absolute atomic E-state index is 0.0803. The number of amides is 4. The fraction of sp³-hybridized carbons (Fsp3) is 0.524. The van der Waals surface area contributed by atoms with Gasteiger partial charge in [-0.2, -0.15) is 0 Å². The van der Waals surface area contributed by atoms with Crippen LogP contribution in [-0.2, 0) is 23.8 Å². The normalized spacial score (nSPS) is 17.5. The van der Waals surface area contributed by atoms with Crippen molar-refractivity contribution in [3.05, 3.63) is 39.8 Å². The second kappa shape index (κ2) is 13.1. The standard InChI is InChI=1S/C21H25N5O7S/c22-25-23-6-7-31-8-9-32-10-11-33-12-13-34-16-3-1-2-14-18(16)21(30)26(20(14)29)15-4-5-17(27)24-19(15)28/h1-3,15H,4-13H2,(H,24,27,28). The van der Waals surface area contributed by atoms with Crippen LogP contribution in [0.4, 0.5) is 0 Å². The van der Waals surface area contributed by atoms with Crippen molar-refractivity contribution in [3.8, 4) is 0 Å². The lowest BCUT2D eigenvalue weighted by molar-refractivity contribution is -0.136. The molecular weight excluding hydrogens is 466 g/mol. The second-order valence-electron chi connectivity index (χ2n) is 7.27. The molecule has 2 aliphatic heterocycles. The molecule has 13 heteroatoms. The molecule has 0 spiro atoms. The molecule has 182 valence electrons. The van der Waals surface area contributed by atoms with Crippen LogP contribution >= 0.6 is 11.8 Å². The van der Waals surface area contributed by atoms with E-state index in [1.165, 1.54) is 11.8 Å². The van der Waals surface area contributed by atoms with Gasteiger partial charge in [-0.05, 0) is 24.1 Å². The summed E-state index contributed by atoms with van der Waals surface area (Å²) in [5.41, 5.74) is 8.68. The highest BCUT2D eigenvalue weighted by Gasteiger charge is 2.45. The Kier molecular flexibility index (Phi) is 9.86. The molecule has 2 heterocycles. The summed E-state index contributed by atoms with van der Waals surface area (Å²) in [6.07, 6.45) is 0.202. The first-order valence-corrected chi connectivity index (χ1v) is 11.7. The molecule has 1 fully saturated rings. The maximum atomic E-state index is 13.0. The molecule has 0 aromatic heterocycles. The van der Waals surface area contributed by atoms with E-state index in [1.54, 1.807) is 18.2 Å². The van der Waals surface area contributed by atoms with Crippen LogP contribution in [0.2, 0.25) is 0 Å². The number of azide groups is 1. The van der Waals surface area contributed by atoms with E-state index in [0.717, 1.165) is 4.90 Å². The summed E-state index contributed by atoms with van der Waals surface area (Å²) in [6, 6.07) is 4.04. The van der Waals surface area contributed by atoms with Crippen LogP contribution in [0, 0.1) is 0 Å². The van der Waals surface area contributed by atoms with Crippen LogP contribution in [0.5, 0.6) is 0 Å². The number of nitrogens with one attached hydrogen (secondary N) is 1. The molecule has 3 rings (SSSR count). The molecule has 1 N–H and O–H groups in total. The second-order valence-corrected chi connectivity index (χ2v) is 8.40. The molecule has 1 saturated heterocycles. The fourth-order valence-electron chi connectivity index (χ4n) is 3.51. The van der Waals surface area contributed by atoms with Gasteiger partial charge in [-0.15, -0.1) is 11.8 Å². The van der Waals surface area contributed by atoms with Crippen molar-refractivity contribution >= 4 is 35.4 Å². The minimum Gasteiger partial charge on any atom is -0.379 e. The van der Waals surface area contributed by atoms with Gasteiger partial charge in [0.05, 0.1) is 50.8 Å². The number of thioether (sulfide) groups is 1. The Morgan fingerprint density at radius 2 is 1.74 bits per heavy atom. The van der Waals surface area contributed by atoms with Crippen LogP contribution in [0.1, 0.15) is 33.6 Å². The Hall–Kier alpha value is -2.96. The quantitative estimate of drug-likeness (QED) is 0.102. The van der Waals surface area contributed by atoms with Crippen molar-refractivity contribution in [2.45, 2.75) is 23.8 Å². The van der Waals surface area contributed by atoms with E-state index in [4.69, 9.17) is 19.7 Å². The highest BCUT2D eigenvalue weighted by Crippen LogP contribution is 2.34. The zero-order valence-corrected chi connectivity index (χ0v) is 19.3. The van der Waals surface area contributed by atoms with Gasteiger partial charge in [0.25, 0.3) is 11.8 Å². The van der Waals surface area contributed by atoms with Crippen LogP contribution in [0.25, 0.3) is 10.4 Å². The summed E-state index contributed by atoms with van der Waals surface area (Å²) in [7, 11) is 0. The van der Waals surface area contributed by atoms with Gasteiger partial charge in [-0.1, -0.05) is 11.2 Å². The Balaban J connectivity index is 1.40. The number of carbonyl (C=O) groups excluding carboxylic acids is 4. The van der Waals surface area contributed by atoms with Gasteiger partial charge in [0.1, 0.15) is 6.04 Å². The number of benzene rings is 1. The van der Waals surface area contributed by atoms with Crippen molar-refractivity contribution in [1.82, 2.24) is 10.2 Å². The van der Waals surface area contributed by atoms with E-state index in [1.807, 2.05) is 0 Å². The molecule has 4 amide bonds.